The highest BCUT2D eigenvalue weighted by molar-refractivity contribution is 5.64. The van der Waals surface area contributed by atoms with Gasteiger partial charge in [0.05, 0.1) is 0 Å². The summed E-state index contributed by atoms with van der Waals surface area (Å²) in [5.41, 5.74) is 1.85. The monoisotopic (exact) mass is 398 g/mol. The Balaban J connectivity index is 0. The van der Waals surface area contributed by atoms with Crippen LogP contribution in [0.5, 0.6) is 11.5 Å². The molecule has 150 valence electrons. The van der Waals surface area contributed by atoms with E-state index in [0.29, 0.717) is 5.75 Å². The second-order valence-corrected chi connectivity index (χ2v) is 3.88. The number of ether oxygens (including phenoxy) is 1. The van der Waals surface area contributed by atoms with Crippen LogP contribution in [0.4, 0.5) is 30.9 Å². The number of alkyl halides is 3. The zero-order valence-corrected chi connectivity index (χ0v) is 14.0. The molecule has 0 fully saturated rings. The Morgan fingerprint density at radius 2 is 1.15 bits per heavy atom. The molecular weight excluding hydrogens is 381 g/mol. The molecule has 0 N–H and O–H groups in total. The minimum atomic E-state index is -2.29. The molecule has 9 heteroatoms. The molecule has 0 atom stereocenters. The highest BCUT2D eigenvalue weighted by Crippen LogP contribution is 2.24. The van der Waals surface area contributed by atoms with Gasteiger partial charge < -0.3 is 4.74 Å². The van der Waals surface area contributed by atoms with Crippen LogP contribution in [0, 0.1) is 0 Å². The van der Waals surface area contributed by atoms with E-state index in [1.807, 2.05) is 0 Å². The van der Waals surface area contributed by atoms with Crippen LogP contribution in [0.25, 0.3) is 11.1 Å². The molecule has 2 aromatic carbocycles. The second-order valence-electron chi connectivity index (χ2n) is 3.88. The molecule has 0 spiro atoms. The van der Waals surface area contributed by atoms with E-state index in [2.05, 4.69) is 18.1 Å². The second kappa shape index (κ2) is 17.8. The molecule has 0 radical (unpaired) electrons. The van der Waals surface area contributed by atoms with Crippen molar-refractivity contribution in [2.45, 2.75) is 0 Å². The number of benzene rings is 2. The molecule has 0 heterocycles. The largest absolute Gasteiger partial charge is 0.463 e. The first-order chi connectivity index (χ1) is 13.0. The molecular formula is C18H17F7O2. The van der Waals surface area contributed by atoms with E-state index in [-0.39, 0.29) is 5.75 Å². The van der Waals surface area contributed by atoms with E-state index in [1.54, 1.807) is 36.4 Å². The molecule has 27 heavy (non-hydrogen) atoms. The maximum atomic E-state index is 11.9. The maximum absolute atomic E-state index is 11.9. The highest BCUT2D eigenvalue weighted by Gasteiger charge is 2.00. The van der Waals surface area contributed by atoms with Crippen molar-refractivity contribution in [1.82, 2.24) is 0 Å². The molecule has 0 aliphatic carbocycles. The fourth-order valence-electron chi connectivity index (χ4n) is 1.51. The fraction of sp³-hybridized carbons (Fsp3) is 0.111. The maximum Gasteiger partial charge on any atom is 0.298 e. The van der Waals surface area contributed by atoms with E-state index in [9.17, 15) is 30.9 Å². The van der Waals surface area contributed by atoms with E-state index < -0.39 is 26.2 Å². The van der Waals surface area contributed by atoms with Crippen molar-refractivity contribution in [2.24, 2.45) is 0 Å². The summed E-state index contributed by atoms with van der Waals surface area (Å²) >= 11 is 0. The summed E-state index contributed by atoms with van der Waals surface area (Å²) in [5, 5.41) is 0. The van der Waals surface area contributed by atoms with Gasteiger partial charge in [0.25, 0.3) is 6.08 Å². The van der Waals surface area contributed by atoms with Crippen molar-refractivity contribution < 1.29 is 40.5 Å². The first-order valence-electron chi connectivity index (χ1n) is 6.93. The lowest BCUT2D eigenvalue weighted by atomic mass is 10.1. The Morgan fingerprint density at radius 3 is 1.41 bits per heavy atom. The predicted molar refractivity (Wildman–Crippen MR) is 90.0 cm³/mol. The van der Waals surface area contributed by atoms with Crippen LogP contribution in [0.15, 0.2) is 74.1 Å². The van der Waals surface area contributed by atoms with Crippen molar-refractivity contribution in [2.75, 3.05) is 13.8 Å². The van der Waals surface area contributed by atoms with Crippen molar-refractivity contribution in [3.8, 4) is 22.6 Å². The summed E-state index contributed by atoms with van der Waals surface area (Å²) in [6, 6.07) is 13.5. The molecule has 0 aromatic heterocycles. The van der Waals surface area contributed by atoms with Crippen LogP contribution in [0.2, 0.25) is 0 Å². The van der Waals surface area contributed by atoms with Gasteiger partial charge >= 0.3 is 0 Å². The summed E-state index contributed by atoms with van der Waals surface area (Å²) in [5.74, 6) is 0.631. The smallest absolute Gasteiger partial charge is 0.298 e. The van der Waals surface area contributed by atoms with Crippen molar-refractivity contribution in [3.05, 3.63) is 74.1 Å². The highest BCUT2D eigenvalue weighted by atomic mass is 19.3. The number of rotatable bonds is 4. The van der Waals surface area contributed by atoms with Crippen LogP contribution in [0.1, 0.15) is 0 Å². The molecule has 0 bridgehead atoms. The van der Waals surface area contributed by atoms with Gasteiger partial charge in [-0.15, -0.1) is 13.2 Å². The Labute approximate surface area is 152 Å². The lowest BCUT2D eigenvalue weighted by Gasteiger charge is -2.04. The molecule has 2 rings (SSSR count). The average molecular weight is 398 g/mol. The van der Waals surface area contributed by atoms with Gasteiger partial charge in [-0.25, -0.2) is 17.6 Å². The zero-order valence-electron chi connectivity index (χ0n) is 14.0. The molecule has 0 unspecified atom stereocenters. The van der Waals surface area contributed by atoms with Gasteiger partial charge in [0.1, 0.15) is 5.75 Å². The Hall–Kier alpha value is -2.97. The van der Waals surface area contributed by atoms with Gasteiger partial charge in [0.15, 0.2) is 12.1 Å². The van der Waals surface area contributed by atoms with Crippen molar-refractivity contribution in [1.29, 1.82) is 0 Å². The van der Waals surface area contributed by atoms with Crippen molar-refractivity contribution >= 4 is 0 Å². The molecule has 2 aromatic rings. The van der Waals surface area contributed by atoms with Crippen LogP contribution < -0.4 is 9.68 Å². The summed E-state index contributed by atoms with van der Waals surface area (Å²) in [7, 11) is 0. The van der Waals surface area contributed by atoms with E-state index in [1.165, 1.54) is 12.1 Å². The minimum absolute atomic E-state index is 0.158. The molecule has 0 saturated heterocycles. The minimum Gasteiger partial charge on any atom is -0.463 e. The summed E-state index contributed by atoms with van der Waals surface area (Å²) in [6.45, 7) is 3.40. The van der Waals surface area contributed by atoms with E-state index in [0.717, 1.165) is 11.1 Å². The molecule has 0 aliphatic heterocycles. The SMILES string of the molecule is C=C.FC=C(F)F.FCF.FCOc1ccc(-c2ccc(OF)cc2)cc1. The average Bonchev–Trinajstić information content (AvgIpc) is 2.71. The lowest BCUT2D eigenvalue weighted by Crippen LogP contribution is -1.89. The third kappa shape index (κ3) is 13.0. The zero-order chi connectivity index (χ0) is 21.1. The third-order valence-corrected chi connectivity index (χ3v) is 2.43. The standard InChI is InChI=1S/C13H10F2O2.C2HF3.C2H4.CH2F2/c14-9-16-12-5-1-10(2-6-12)11-3-7-13(17-15)8-4-11;3-1-2(4)5;1-2;2-1-3/h1-8H,9H2;1H;1-2H2;1H2. The van der Waals surface area contributed by atoms with Gasteiger partial charge in [-0.3, -0.25) is 4.94 Å². The normalized spacial score (nSPS) is 8.41. The molecule has 0 aliphatic rings. The van der Waals surface area contributed by atoms with Crippen LogP contribution >= 0.6 is 0 Å². The van der Waals surface area contributed by atoms with Crippen LogP contribution in [-0.2, 0) is 0 Å². The quantitative estimate of drug-likeness (QED) is 0.397. The van der Waals surface area contributed by atoms with E-state index >= 15 is 0 Å². The Bertz CT molecular complexity index is 613. The van der Waals surface area contributed by atoms with Crippen molar-refractivity contribution in [3.63, 3.8) is 0 Å². The van der Waals surface area contributed by atoms with Gasteiger partial charge in [0.2, 0.25) is 13.8 Å². The topological polar surface area (TPSA) is 18.5 Å². The van der Waals surface area contributed by atoms with Gasteiger partial charge in [-0.2, -0.15) is 8.78 Å². The Kier molecular flexibility index (Phi) is 17.4. The van der Waals surface area contributed by atoms with Gasteiger partial charge in [-0.1, -0.05) is 24.3 Å². The van der Waals surface area contributed by atoms with Gasteiger partial charge in [-0.05, 0) is 35.4 Å². The summed E-state index contributed by atoms with van der Waals surface area (Å²) in [4.78, 5) is 3.59. The predicted octanol–water partition coefficient (Wildman–Crippen LogP) is 7.30. The van der Waals surface area contributed by atoms with Crippen LogP contribution in [-0.4, -0.2) is 13.8 Å². The Morgan fingerprint density at radius 1 is 0.815 bits per heavy atom. The number of halogens is 7. The first-order valence-corrected chi connectivity index (χ1v) is 6.93. The lowest BCUT2D eigenvalue weighted by molar-refractivity contribution is -0.00618. The fourth-order valence-corrected chi connectivity index (χ4v) is 1.51. The van der Waals surface area contributed by atoms with E-state index in [4.69, 9.17) is 4.74 Å². The molecule has 2 nitrogen and oxygen atoms in total. The van der Waals surface area contributed by atoms with Crippen LogP contribution in [0.3, 0.4) is 0 Å². The number of hydrogen-bond acceptors (Lipinski definition) is 2. The molecule has 0 amide bonds. The number of hydrogen-bond donors (Lipinski definition) is 0. The summed E-state index contributed by atoms with van der Waals surface area (Å²) in [6.07, 6.45) is -3.04. The summed E-state index contributed by atoms with van der Waals surface area (Å²) < 4.78 is 78.4. The van der Waals surface area contributed by atoms with Gasteiger partial charge in [0, 0.05) is 4.53 Å². The third-order valence-electron chi connectivity index (χ3n) is 2.43. The molecule has 0 saturated carbocycles. The first kappa shape index (κ1) is 26.3.